The van der Waals surface area contributed by atoms with E-state index in [1.54, 1.807) is 19.9 Å². The molecular formula is C10H17NO3. The predicted molar refractivity (Wildman–Crippen MR) is 53.8 cm³/mol. The van der Waals surface area contributed by atoms with E-state index in [9.17, 15) is 9.59 Å². The number of rotatable bonds is 6. The number of carbonyl (C=O) groups excluding carboxylic acids is 1. The van der Waals surface area contributed by atoms with Crippen LogP contribution >= 0.6 is 0 Å². The molecule has 0 aromatic carbocycles. The van der Waals surface area contributed by atoms with Crippen LogP contribution in [0, 0.1) is 5.92 Å². The molecule has 1 unspecified atom stereocenters. The molecule has 0 aliphatic rings. The number of amides is 1. The van der Waals surface area contributed by atoms with E-state index >= 15 is 0 Å². The second kappa shape index (κ2) is 6.18. The van der Waals surface area contributed by atoms with Gasteiger partial charge in [0.25, 0.3) is 0 Å². The Labute approximate surface area is 84.0 Å². The molecule has 2 N–H and O–H groups in total. The Kier molecular flexibility index (Phi) is 5.60. The van der Waals surface area contributed by atoms with Gasteiger partial charge in [0.1, 0.15) is 6.04 Å². The topological polar surface area (TPSA) is 66.4 Å². The van der Waals surface area contributed by atoms with E-state index in [-0.39, 0.29) is 11.8 Å². The zero-order valence-corrected chi connectivity index (χ0v) is 8.62. The van der Waals surface area contributed by atoms with Crippen molar-refractivity contribution in [1.82, 2.24) is 5.32 Å². The molecule has 0 aromatic rings. The Morgan fingerprint density at radius 3 is 2.43 bits per heavy atom. The fourth-order valence-corrected chi connectivity index (χ4v) is 0.992. The molecule has 0 bridgehead atoms. The van der Waals surface area contributed by atoms with Crippen LogP contribution in [-0.4, -0.2) is 23.0 Å². The summed E-state index contributed by atoms with van der Waals surface area (Å²) >= 11 is 0. The van der Waals surface area contributed by atoms with Crippen LogP contribution in [0.4, 0.5) is 0 Å². The van der Waals surface area contributed by atoms with Gasteiger partial charge >= 0.3 is 5.97 Å². The number of aliphatic carboxylic acids is 1. The zero-order valence-electron chi connectivity index (χ0n) is 8.62. The van der Waals surface area contributed by atoms with Gasteiger partial charge in [-0.15, -0.1) is 6.58 Å². The standard InChI is InChI=1S/C10H17NO3/c1-4-5-6-8(12)11-9(7(2)3)10(13)14/h4,7,9H,1,5-6H2,2-3H3,(H,11,12)(H,13,14). The number of hydrogen-bond acceptors (Lipinski definition) is 2. The molecule has 0 saturated heterocycles. The Morgan fingerprint density at radius 2 is 2.07 bits per heavy atom. The molecule has 0 heterocycles. The molecule has 0 saturated carbocycles. The first-order valence-corrected chi connectivity index (χ1v) is 4.62. The normalized spacial score (nSPS) is 12.2. The molecule has 80 valence electrons. The predicted octanol–water partition coefficient (Wildman–Crippen LogP) is 1.18. The molecule has 1 amide bonds. The molecule has 0 aromatic heterocycles. The van der Waals surface area contributed by atoms with Gasteiger partial charge in [-0.2, -0.15) is 0 Å². The molecule has 14 heavy (non-hydrogen) atoms. The van der Waals surface area contributed by atoms with Crippen molar-refractivity contribution in [3.05, 3.63) is 12.7 Å². The summed E-state index contributed by atoms with van der Waals surface area (Å²) in [5.74, 6) is -1.35. The zero-order chi connectivity index (χ0) is 11.1. The summed E-state index contributed by atoms with van der Waals surface area (Å²) in [5, 5.41) is 11.2. The molecule has 0 rings (SSSR count). The first-order valence-electron chi connectivity index (χ1n) is 4.62. The van der Waals surface area contributed by atoms with Crippen LogP contribution in [0.3, 0.4) is 0 Å². The van der Waals surface area contributed by atoms with E-state index in [0.29, 0.717) is 12.8 Å². The monoisotopic (exact) mass is 199 g/mol. The molecule has 0 aliphatic heterocycles. The first kappa shape index (κ1) is 12.7. The SMILES string of the molecule is C=CCCC(=O)NC(C(=O)O)C(C)C. The summed E-state index contributed by atoms with van der Waals surface area (Å²) in [6.07, 6.45) is 2.49. The maximum atomic E-state index is 11.2. The van der Waals surface area contributed by atoms with Crippen molar-refractivity contribution in [1.29, 1.82) is 0 Å². The Bertz CT molecular complexity index is 223. The van der Waals surface area contributed by atoms with Crippen molar-refractivity contribution >= 4 is 11.9 Å². The second-order valence-corrected chi connectivity index (χ2v) is 3.45. The van der Waals surface area contributed by atoms with E-state index in [1.807, 2.05) is 0 Å². The Hall–Kier alpha value is -1.32. The number of nitrogens with one attached hydrogen (secondary N) is 1. The number of carbonyl (C=O) groups is 2. The summed E-state index contributed by atoms with van der Waals surface area (Å²) in [5.41, 5.74) is 0. The highest BCUT2D eigenvalue weighted by Crippen LogP contribution is 2.02. The summed E-state index contributed by atoms with van der Waals surface area (Å²) < 4.78 is 0. The highest BCUT2D eigenvalue weighted by atomic mass is 16.4. The van der Waals surface area contributed by atoms with Crippen molar-refractivity contribution < 1.29 is 14.7 Å². The second-order valence-electron chi connectivity index (χ2n) is 3.45. The summed E-state index contributed by atoms with van der Waals surface area (Å²) in [4.78, 5) is 21.9. The van der Waals surface area contributed by atoms with Gasteiger partial charge in [-0.3, -0.25) is 4.79 Å². The summed E-state index contributed by atoms with van der Waals surface area (Å²) in [7, 11) is 0. The highest BCUT2D eigenvalue weighted by Gasteiger charge is 2.22. The number of allylic oxidation sites excluding steroid dienone is 1. The molecule has 4 nitrogen and oxygen atoms in total. The van der Waals surface area contributed by atoms with Gasteiger partial charge in [0.15, 0.2) is 0 Å². The number of carboxylic acids is 1. The minimum atomic E-state index is -0.994. The van der Waals surface area contributed by atoms with Gasteiger partial charge in [0.2, 0.25) is 5.91 Å². The van der Waals surface area contributed by atoms with Crippen molar-refractivity contribution in [3.8, 4) is 0 Å². The van der Waals surface area contributed by atoms with Crippen molar-refractivity contribution in [2.75, 3.05) is 0 Å². The smallest absolute Gasteiger partial charge is 0.326 e. The third kappa shape index (κ3) is 4.64. The molecular weight excluding hydrogens is 182 g/mol. The van der Waals surface area contributed by atoms with Crippen LogP contribution in [-0.2, 0) is 9.59 Å². The average molecular weight is 199 g/mol. The van der Waals surface area contributed by atoms with Gasteiger partial charge in [-0.05, 0) is 12.3 Å². The van der Waals surface area contributed by atoms with Crippen LogP contribution in [0.15, 0.2) is 12.7 Å². The largest absolute Gasteiger partial charge is 0.480 e. The maximum absolute atomic E-state index is 11.2. The number of hydrogen-bond donors (Lipinski definition) is 2. The summed E-state index contributed by atoms with van der Waals surface area (Å²) in [6.45, 7) is 7.00. The number of carboxylic acid groups (broad SMARTS) is 1. The molecule has 0 fully saturated rings. The van der Waals surface area contributed by atoms with Crippen LogP contribution in [0.1, 0.15) is 26.7 Å². The lowest BCUT2D eigenvalue weighted by atomic mass is 10.0. The van der Waals surface area contributed by atoms with Gasteiger partial charge in [0, 0.05) is 6.42 Å². The molecule has 1 atom stereocenters. The van der Waals surface area contributed by atoms with Gasteiger partial charge in [-0.1, -0.05) is 19.9 Å². The summed E-state index contributed by atoms with van der Waals surface area (Å²) in [6, 6.07) is -0.799. The van der Waals surface area contributed by atoms with Gasteiger partial charge in [-0.25, -0.2) is 4.79 Å². The average Bonchev–Trinajstić information content (AvgIpc) is 2.09. The molecule has 0 spiro atoms. The van der Waals surface area contributed by atoms with Crippen molar-refractivity contribution in [2.24, 2.45) is 5.92 Å². The minimum Gasteiger partial charge on any atom is -0.480 e. The van der Waals surface area contributed by atoms with E-state index in [1.165, 1.54) is 0 Å². The molecule has 0 aliphatic carbocycles. The van der Waals surface area contributed by atoms with E-state index < -0.39 is 12.0 Å². The lowest BCUT2D eigenvalue weighted by Gasteiger charge is -2.17. The van der Waals surface area contributed by atoms with Crippen molar-refractivity contribution in [2.45, 2.75) is 32.7 Å². The van der Waals surface area contributed by atoms with E-state index in [4.69, 9.17) is 5.11 Å². The maximum Gasteiger partial charge on any atom is 0.326 e. The first-order chi connectivity index (χ1) is 6.49. The van der Waals surface area contributed by atoms with Crippen LogP contribution in [0.5, 0.6) is 0 Å². The van der Waals surface area contributed by atoms with E-state index in [0.717, 1.165) is 0 Å². The highest BCUT2D eigenvalue weighted by molar-refractivity contribution is 5.83. The quantitative estimate of drug-likeness (QED) is 0.631. The minimum absolute atomic E-state index is 0.111. The van der Waals surface area contributed by atoms with Crippen molar-refractivity contribution in [3.63, 3.8) is 0 Å². The van der Waals surface area contributed by atoms with Gasteiger partial charge < -0.3 is 10.4 Å². The fraction of sp³-hybridized carbons (Fsp3) is 0.600. The van der Waals surface area contributed by atoms with Crippen LogP contribution in [0.2, 0.25) is 0 Å². The lowest BCUT2D eigenvalue weighted by molar-refractivity contribution is -0.143. The van der Waals surface area contributed by atoms with Crippen LogP contribution in [0.25, 0.3) is 0 Å². The van der Waals surface area contributed by atoms with Gasteiger partial charge in [0.05, 0.1) is 0 Å². The third-order valence-corrected chi connectivity index (χ3v) is 1.82. The Morgan fingerprint density at radius 1 is 1.50 bits per heavy atom. The van der Waals surface area contributed by atoms with Crippen LogP contribution < -0.4 is 5.32 Å². The fourth-order valence-electron chi connectivity index (χ4n) is 0.992. The Balaban J connectivity index is 4.09. The molecule has 4 heteroatoms. The third-order valence-electron chi connectivity index (χ3n) is 1.82. The lowest BCUT2D eigenvalue weighted by Crippen LogP contribution is -2.44. The molecule has 0 radical (unpaired) electrons. The van der Waals surface area contributed by atoms with E-state index in [2.05, 4.69) is 11.9 Å².